The highest BCUT2D eigenvalue weighted by Gasteiger charge is 2.01. The lowest BCUT2D eigenvalue weighted by Crippen LogP contribution is -2.19. The zero-order valence-corrected chi connectivity index (χ0v) is 7.31. The molecule has 3 nitrogen and oxygen atoms in total. The fraction of sp³-hybridized carbons (Fsp3) is 0.125. The van der Waals surface area contributed by atoms with Crippen LogP contribution in [0.25, 0.3) is 0 Å². The van der Waals surface area contributed by atoms with Crippen LogP contribution in [-0.4, -0.2) is 11.2 Å². The molecule has 0 aliphatic rings. The summed E-state index contributed by atoms with van der Waals surface area (Å²) in [7, 11) is 0. The van der Waals surface area contributed by atoms with Gasteiger partial charge in [-0.25, -0.2) is 9.18 Å². The Morgan fingerprint density at radius 2 is 2.31 bits per heavy atom. The van der Waals surface area contributed by atoms with Gasteiger partial charge in [-0.3, -0.25) is 0 Å². The number of nitrogens with one attached hydrogen (secondary N) is 1. The van der Waals surface area contributed by atoms with Gasteiger partial charge >= 0.3 is 6.09 Å². The average molecular weight is 204 g/mol. The minimum absolute atomic E-state index is 0.00955. The van der Waals surface area contributed by atoms with Crippen LogP contribution < -0.4 is 5.32 Å². The molecule has 0 bridgehead atoms. The highest BCUT2D eigenvalue weighted by atomic mass is 35.5. The maximum Gasteiger partial charge on any atom is 0.404 e. The largest absolute Gasteiger partial charge is 0.465 e. The van der Waals surface area contributed by atoms with E-state index in [1.54, 1.807) is 0 Å². The lowest BCUT2D eigenvalue weighted by atomic mass is 10.2. The number of carbonyl (C=O) groups is 1. The van der Waals surface area contributed by atoms with Crippen molar-refractivity contribution in [2.45, 2.75) is 6.54 Å². The first-order valence-corrected chi connectivity index (χ1v) is 3.88. The van der Waals surface area contributed by atoms with E-state index in [4.69, 9.17) is 16.7 Å². The van der Waals surface area contributed by atoms with E-state index in [9.17, 15) is 9.18 Å². The van der Waals surface area contributed by atoms with Crippen molar-refractivity contribution in [1.29, 1.82) is 0 Å². The molecule has 0 saturated heterocycles. The SMILES string of the molecule is O=C(O)NCc1ccc(F)c(Cl)c1. The Hall–Kier alpha value is -1.29. The first-order chi connectivity index (χ1) is 6.09. The second-order valence-corrected chi connectivity index (χ2v) is 2.81. The van der Waals surface area contributed by atoms with Crippen molar-refractivity contribution in [3.05, 3.63) is 34.6 Å². The standard InChI is InChI=1S/C8H7ClFNO2/c9-6-3-5(1-2-7(6)10)4-11-8(12)13/h1-3,11H,4H2,(H,12,13). The van der Waals surface area contributed by atoms with E-state index >= 15 is 0 Å². The molecule has 0 fully saturated rings. The first kappa shape index (κ1) is 9.80. The van der Waals surface area contributed by atoms with Gasteiger partial charge in [0.25, 0.3) is 0 Å². The lowest BCUT2D eigenvalue weighted by molar-refractivity contribution is 0.194. The van der Waals surface area contributed by atoms with Gasteiger partial charge < -0.3 is 10.4 Å². The van der Waals surface area contributed by atoms with Crippen molar-refractivity contribution in [1.82, 2.24) is 5.32 Å². The van der Waals surface area contributed by atoms with E-state index in [1.807, 2.05) is 0 Å². The maximum absolute atomic E-state index is 12.6. The van der Waals surface area contributed by atoms with Gasteiger partial charge in [0.2, 0.25) is 0 Å². The topological polar surface area (TPSA) is 49.3 Å². The molecule has 0 spiro atoms. The molecule has 0 atom stereocenters. The van der Waals surface area contributed by atoms with Gasteiger partial charge in [0.15, 0.2) is 0 Å². The number of hydrogen-bond donors (Lipinski definition) is 2. The van der Waals surface area contributed by atoms with Crippen LogP contribution in [0.4, 0.5) is 9.18 Å². The molecule has 0 aliphatic heterocycles. The number of benzene rings is 1. The summed E-state index contributed by atoms with van der Waals surface area (Å²) in [6, 6.07) is 4.05. The van der Waals surface area contributed by atoms with E-state index in [0.29, 0.717) is 5.56 Å². The molecule has 0 heterocycles. The van der Waals surface area contributed by atoms with Crippen LogP contribution in [0, 0.1) is 5.82 Å². The minimum atomic E-state index is -1.12. The highest BCUT2D eigenvalue weighted by molar-refractivity contribution is 6.30. The summed E-state index contributed by atoms with van der Waals surface area (Å²) in [4.78, 5) is 10.1. The molecular formula is C8H7ClFNO2. The fourth-order valence-corrected chi connectivity index (χ4v) is 1.03. The fourth-order valence-electron chi connectivity index (χ4n) is 0.827. The predicted molar refractivity (Wildman–Crippen MR) is 46.3 cm³/mol. The van der Waals surface area contributed by atoms with E-state index in [0.717, 1.165) is 0 Å². The Labute approximate surface area is 79.1 Å². The third-order valence-corrected chi connectivity index (χ3v) is 1.72. The Kier molecular flexibility index (Phi) is 3.08. The molecule has 0 aliphatic carbocycles. The molecular weight excluding hydrogens is 197 g/mol. The van der Waals surface area contributed by atoms with Gasteiger partial charge in [-0.15, -0.1) is 0 Å². The van der Waals surface area contributed by atoms with Gasteiger partial charge in [0.1, 0.15) is 5.82 Å². The molecule has 0 radical (unpaired) electrons. The predicted octanol–water partition coefficient (Wildman–Crippen LogP) is 2.25. The van der Waals surface area contributed by atoms with Gasteiger partial charge in [-0.2, -0.15) is 0 Å². The third-order valence-electron chi connectivity index (χ3n) is 1.43. The van der Waals surface area contributed by atoms with Crippen LogP contribution in [0.2, 0.25) is 5.02 Å². The van der Waals surface area contributed by atoms with Gasteiger partial charge in [-0.05, 0) is 17.7 Å². The van der Waals surface area contributed by atoms with E-state index in [1.165, 1.54) is 18.2 Å². The molecule has 1 rings (SSSR count). The van der Waals surface area contributed by atoms with Crippen LogP contribution in [0.1, 0.15) is 5.56 Å². The quantitative estimate of drug-likeness (QED) is 0.775. The molecule has 1 amide bonds. The van der Waals surface area contributed by atoms with Gasteiger partial charge in [0.05, 0.1) is 5.02 Å². The minimum Gasteiger partial charge on any atom is -0.465 e. The van der Waals surface area contributed by atoms with Crippen molar-refractivity contribution in [3.8, 4) is 0 Å². The average Bonchev–Trinajstić information content (AvgIpc) is 2.07. The normalized spacial score (nSPS) is 9.69. The van der Waals surface area contributed by atoms with Crippen molar-refractivity contribution in [2.75, 3.05) is 0 Å². The Balaban J connectivity index is 2.68. The lowest BCUT2D eigenvalue weighted by Gasteiger charge is -2.01. The summed E-state index contributed by atoms with van der Waals surface area (Å²) in [6.07, 6.45) is -1.12. The number of hydrogen-bond acceptors (Lipinski definition) is 1. The summed E-state index contributed by atoms with van der Waals surface area (Å²) >= 11 is 5.48. The van der Waals surface area contributed by atoms with E-state index in [2.05, 4.69) is 5.32 Å². The van der Waals surface area contributed by atoms with Crippen LogP contribution in [-0.2, 0) is 6.54 Å². The monoisotopic (exact) mass is 203 g/mol. The number of rotatable bonds is 2. The molecule has 1 aromatic carbocycles. The van der Waals surface area contributed by atoms with Crippen LogP contribution >= 0.6 is 11.6 Å². The number of carboxylic acid groups (broad SMARTS) is 1. The van der Waals surface area contributed by atoms with Gasteiger partial charge in [0, 0.05) is 6.54 Å². The molecule has 0 aromatic heterocycles. The molecule has 0 saturated carbocycles. The molecule has 70 valence electrons. The van der Waals surface area contributed by atoms with Crippen LogP contribution in [0.15, 0.2) is 18.2 Å². The summed E-state index contributed by atoms with van der Waals surface area (Å²) in [5.74, 6) is -0.513. The Morgan fingerprint density at radius 3 is 2.85 bits per heavy atom. The van der Waals surface area contributed by atoms with Crippen molar-refractivity contribution in [3.63, 3.8) is 0 Å². The van der Waals surface area contributed by atoms with Crippen molar-refractivity contribution < 1.29 is 14.3 Å². The van der Waals surface area contributed by atoms with Crippen LogP contribution in [0.3, 0.4) is 0 Å². The molecule has 5 heteroatoms. The second-order valence-electron chi connectivity index (χ2n) is 2.41. The summed E-state index contributed by atoms with van der Waals surface area (Å²) in [6.45, 7) is 0.120. The number of amides is 1. The molecule has 0 unspecified atom stereocenters. The van der Waals surface area contributed by atoms with Gasteiger partial charge in [-0.1, -0.05) is 17.7 Å². The molecule has 13 heavy (non-hydrogen) atoms. The third kappa shape index (κ3) is 2.91. The first-order valence-electron chi connectivity index (χ1n) is 3.50. The van der Waals surface area contributed by atoms with Crippen molar-refractivity contribution in [2.24, 2.45) is 0 Å². The Bertz CT molecular complexity index is 330. The highest BCUT2D eigenvalue weighted by Crippen LogP contribution is 2.15. The Morgan fingerprint density at radius 1 is 1.62 bits per heavy atom. The second kappa shape index (κ2) is 4.09. The molecule has 1 aromatic rings. The van der Waals surface area contributed by atoms with E-state index < -0.39 is 11.9 Å². The van der Waals surface area contributed by atoms with E-state index in [-0.39, 0.29) is 11.6 Å². The van der Waals surface area contributed by atoms with Crippen LogP contribution in [0.5, 0.6) is 0 Å². The smallest absolute Gasteiger partial charge is 0.404 e. The number of halogens is 2. The zero-order valence-electron chi connectivity index (χ0n) is 6.55. The maximum atomic E-state index is 12.6. The summed E-state index contributed by atoms with van der Waals surface area (Å²) in [5.41, 5.74) is 0.619. The summed E-state index contributed by atoms with van der Waals surface area (Å²) < 4.78 is 12.6. The zero-order chi connectivity index (χ0) is 9.84. The molecule has 2 N–H and O–H groups in total. The van der Waals surface area contributed by atoms with Crippen molar-refractivity contribution >= 4 is 17.7 Å². The summed E-state index contributed by atoms with van der Waals surface area (Å²) in [5, 5.41) is 10.4.